The lowest BCUT2D eigenvalue weighted by Crippen LogP contribution is -2.73. The van der Waals surface area contributed by atoms with Crippen molar-refractivity contribution in [2.75, 3.05) is 14.1 Å². The maximum absolute atomic E-state index is 12.3. The zero-order chi connectivity index (χ0) is 25.1. The molecule has 3 heterocycles. The fourth-order valence-electron chi connectivity index (χ4n) is 9.22. The van der Waals surface area contributed by atoms with E-state index in [0.29, 0.717) is 19.3 Å². The molecule has 1 aromatic heterocycles. The molecule has 2 bridgehead atoms. The molecule has 7 rings (SSSR count). The van der Waals surface area contributed by atoms with Crippen LogP contribution in [-0.4, -0.2) is 79.6 Å². The van der Waals surface area contributed by atoms with Crippen molar-refractivity contribution in [1.82, 2.24) is 15.1 Å². The third kappa shape index (κ3) is 2.76. The molecule has 36 heavy (non-hydrogen) atoms. The van der Waals surface area contributed by atoms with Gasteiger partial charge in [-0.2, -0.15) is 10.2 Å². The molecule has 4 fully saturated rings. The van der Waals surface area contributed by atoms with Crippen LogP contribution in [0.15, 0.2) is 36.7 Å². The number of aromatic nitrogens is 2. The van der Waals surface area contributed by atoms with Crippen molar-refractivity contribution < 1.29 is 20.1 Å². The minimum atomic E-state index is -0.990. The van der Waals surface area contributed by atoms with E-state index in [4.69, 9.17) is 4.74 Å². The van der Waals surface area contributed by atoms with Crippen LogP contribution in [0, 0.1) is 17.3 Å². The average molecular weight is 492 g/mol. The van der Waals surface area contributed by atoms with E-state index in [1.54, 1.807) is 6.20 Å². The van der Waals surface area contributed by atoms with Crippen LogP contribution in [0.5, 0.6) is 0 Å². The maximum Gasteiger partial charge on any atom is 0.102 e. The molecule has 2 aliphatic heterocycles. The predicted molar refractivity (Wildman–Crippen MR) is 136 cm³/mol. The summed E-state index contributed by atoms with van der Waals surface area (Å²) >= 11 is 0. The number of aliphatic hydroxyl groups is 3. The summed E-state index contributed by atoms with van der Waals surface area (Å²) in [5, 5.41) is 44.7. The SMILES string of the molecule is CN(C)C1CC23CCC4(O2)C2CC=C(c5ccc6cnncc6c5)C2(C)CCC4(O)CC3C(O)C1O. The third-order valence-electron chi connectivity index (χ3n) is 11.1. The molecule has 3 aliphatic carbocycles. The number of likely N-dealkylation sites (N-methyl/N-ethyl adjacent to an activating group) is 1. The Hall–Kier alpha value is -1.90. The number of ether oxygens (including phenoxy) is 1. The molecule has 5 aliphatic rings. The van der Waals surface area contributed by atoms with E-state index < -0.39 is 29.0 Å². The van der Waals surface area contributed by atoms with E-state index in [1.165, 1.54) is 11.1 Å². The Labute approximate surface area is 212 Å². The summed E-state index contributed by atoms with van der Waals surface area (Å²) in [7, 11) is 3.92. The highest BCUT2D eigenvalue weighted by atomic mass is 16.6. The number of aliphatic hydroxyl groups excluding tert-OH is 2. The molecule has 2 saturated carbocycles. The number of hydrogen-bond acceptors (Lipinski definition) is 7. The smallest absolute Gasteiger partial charge is 0.102 e. The Morgan fingerprint density at radius 2 is 1.75 bits per heavy atom. The summed E-state index contributed by atoms with van der Waals surface area (Å²) in [6.07, 6.45) is 9.49. The molecule has 2 aromatic rings. The quantitative estimate of drug-likeness (QED) is 0.594. The molecule has 0 amide bonds. The van der Waals surface area contributed by atoms with Crippen molar-refractivity contribution in [3.05, 3.63) is 42.2 Å². The number of benzene rings is 1. The molecule has 192 valence electrons. The minimum absolute atomic E-state index is 0.105. The standard InChI is InChI=1S/C29H37N3O4/c1-26-8-10-28(35)13-21-24(33)25(34)22(32(2)3)14-27(21)9-11-29(28,36-27)23(26)7-6-20(26)17-4-5-18-15-30-31-16-19(18)12-17/h4-6,12,15-16,21-25,33-35H,7-11,13-14H2,1-3H3. The molecule has 9 unspecified atom stereocenters. The van der Waals surface area contributed by atoms with Crippen molar-refractivity contribution in [2.24, 2.45) is 17.3 Å². The van der Waals surface area contributed by atoms with Gasteiger partial charge in [-0.3, -0.25) is 0 Å². The lowest BCUT2D eigenvalue weighted by molar-refractivity contribution is -0.331. The predicted octanol–water partition coefficient (Wildman–Crippen LogP) is 2.93. The Balaban J connectivity index is 1.27. The average Bonchev–Trinajstić information content (AvgIpc) is 3.39. The van der Waals surface area contributed by atoms with Gasteiger partial charge < -0.3 is 25.0 Å². The second-order valence-corrected chi connectivity index (χ2v) is 12.8. The molecular formula is C29H37N3O4. The van der Waals surface area contributed by atoms with Crippen molar-refractivity contribution in [3.8, 4) is 0 Å². The summed E-state index contributed by atoms with van der Waals surface area (Å²) in [5.41, 5.74) is 0.341. The van der Waals surface area contributed by atoms with Gasteiger partial charge in [0.1, 0.15) is 5.60 Å². The zero-order valence-corrected chi connectivity index (χ0v) is 21.4. The molecule has 3 N–H and O–H groups in total. The van der Waals surface area contributed by atoms with Crippen molar-refractivity contribution in [2.45, 2.75) is 86.9 Å². The highest BCUT2D eigenvalue weighted by Crippen LogP contribution is 2.71. The van der Waals surface area contributed by atoms with Crippen LogP contribution in [0.3, 0.4) is 0 Å². The molecule has 2 saturated heterocycles. The number of nitrogens with zero attached hydrogens (tertiary/aromatic N) is 3. The Bertz CT molecular complexity index is 1270. The number of fused-ring (bicyclic) bond motifs is 2. The van der Waals surface area contributed by atoms with Crippen molar-refractivity contribution in [3.63, 3.8) is 0 Å². The third-order valence-corrected chi connectivity index (χ3v) is 11.1. The minimum Gasteiger partial charge on any atom is -0.390 e. The Morgan fingerprint density at radius 1 is 0.972 bits per heavy atom. The summed E-state index contributed by atoms with van der Waals surface area (Å²) in [6.45, 7) is 2.36. The van der Waals surface area contributed by atoms with Gasteiger partial charge in [-0.15, -0.1) is 0 Å². The molecule has 2 spiro atoms. The first-order valence-corrected chi connectivity index (χ1v) is 13.5. The topological polar surface area (TPSA) is 98.9 Å². The van der Waals surface area contributed by atoms with Gasteiger partial charge in [0.25, 0.3) is 0 Å². The van der Waals surface area contributed by atoms with Gasteiger partial charge in [-0.1, -0.05) is 25.1 Å². The lowest BCUT2D eigenvalue weighted by Gasteiger charge is -2.65. The summed E-state index contributed by atoms with van der Waals surface area (Å²) < 4.78 is 7.22. The Morgan fingerprint density at radius 3 is 2.53 bits per heavy atom. The largest absolute Gasteiger partial charge is 0.390 e. The van der Waals surface area contributed by atoms with E-state index in [0.717, 1.165) is 36.5 Å². The number of allylic oxidation sites excluding steroid dienone is 2. The summed E-state index contributed by atoms with van der Waals surface area (Å²) in [4.78, 5) is 2.01. The Kier molecular flexibility index (Phi) is 4.75. The molecule has 1 aromatic carbocycles. The van der Waals surface area contributed by atoms with Gasteiger partial charge in [0.2, 0.25) is 0 Å². The van der Waals surface area contributed by atoms with E-state index in [9.17, 15) is 15.3 Å². The fraction of sp³-hybridized carbons (Fsp3) is 0.655. The van der Waals surface area contributed by atoms with Gasteiger partial charge in [-0.05, 0) is 81.7 Å². The van der Waals surface area contributed by atoms with Crippen LogP contribution >= 0.6 is 0 Å². The first-order chi connectivity index (χ1) is 17.1. The lowest BCUT2D eigenvalue weighted by atomic mass is 9.51. The second kappa shape index (κ2) is 7.35. The first-order valence-electron chi connectivity index (χ1n) is 13.5. The van der Waals surface area contributed by atoms with E-state index >= 15 is 0 Å². The van der Waals surface area contributed by atoms with Gasteiger partial charge in [-0.25, -0.2) is 0 Å². The number of hydrogen-bond donors (Lipinski definition) is 3. The van der Waals surface area contributed by atoms with Crippen LogP contribution in [0.4, 0.5) is 0 Å². The van der Waals surface area contributed by atoms with Crippen LogP contribution in [0.25, 0.3) is 16.3 Å². The number of rotatable bonds is 2. The van der Waals surface area contributed by atoms with Gasteiger partial charge in [0.05, 0.1) is 35.8 Å². The molecule has 7 nitrogen and oxygen atoms in total. The molecule has 9 atom stereocenters. The van der Waals surface area contributed by atoms with Gasteiger partial charge >= 0.3 is 0 Å². The van der Waals surface area contributed by atoms with E-state index in [1.807, 2.05) is 25.2 Å². The summed E-state index contributed by atoms with van der Waals surface area (Å²) in [6, 6.07) is 6.37. The van der Waals surface area contributed by atoms with Crippen molar-refractivity contribution >= 4 is 16.3 Å². The van der Waals surface area contributed by atoms with Crippen LogP contribution in [0.2, 0.25) is 0 Å². The first kappa shape index (κ1) is 23.2. The van der Waals surface area contributed by atoms with Crippen LogP contribution in [-0.2, 0) is 4.74 Å². The zero-order valence-electron chi connectivity index (χ0n) is 21.4. The van der Waals surface area contributed by atoms with Crippen LogP contribution in [0.1, 0.15) is 57.4 Å². The summed E-state index contributed by atoms with van der Waals surface area (Å²) in [5.74, 6) is -0.0729. The van der Waals surface area contributed by atoms with Gasteiger partial charge in [0.15, 0.2) is 0 Å². The molecular weight excluding hydrogens is 454 g/mol. The fourth-order valence-corrected chi connectivity index (χ4v) is 9.22. The van der Waals surface area contributed by atoms with Crippen molar-refractivity contribution in [1.29, 1.82) is 0 Å². The maximum atomic E-state index is 12.3. The van der Waals surface area contributed by atoms with Gasteiger partial charge in [0, 0.05) is 28.7 Å². The highest BCUT2D eigenvalue weighted by molar-refractivity contribution is 5.86. The molecule has 0 radical (unpaired) electrons. The van der Waals surface area contributed by atoms with E-state index in [-0.39, 0.29) is 23.3 Å². The van der Waals surface area contributed by atoms with E-state index in [2.05, 4.69) is 41.4 Å². The highest BCUT2D eigenvalue weighted by Gasteiger charge is 2.76. The second-order valence-electron chi connectivity index (χ2n) is 12.8. The normalized spacial score (nSPS) is 47.4. The molecule has 7 heteroatoms. The monoisotopic (exact) mass is 491 g/mol. The van der Waals surface area contributed by atoms with Crippen LogP contribution < -0.4 is 0 Å².